The SMILES string of the molecule is CCCNC(c1ccc(OC)c(Cl)c1)C1CCCCCC1. The van der Waals surface area contributed by atoms with Crippen LogP contribution >= 0.6 is 11.6 Å². The topological polar surface area (TPSA) is 21.3 Å². The fourth-order valence-electron chi connectivity index (χ4n) is 3.38. The van der Waals surface area contributed by atoms with E-state index in [0.717, 1.165) is 24.6 Å². The van der Waals surface area contributed by atoms with Crippen LogP contribution in [0, 0.1) is 5.92 Å². The number of methoxy groups -OCH3 is 1. The zero-order valence-corrected chi connectivity index (χ0v) is 14.1. The number of halogens is 1. The third kappa shape index (κ3) is 4.62. The van der Waals surface area contributed by atoms with E-state index < -0.39 is 0 Å². The highest BCUT2D eigenvalue weighted by Gasteiger charge is 2.24. The molecular formula is C18H28ClNO. The van der Waals surface area contributed by atoms with E-state index in [1.54, 1.807) is 7.11 Å². The summed E-state index contributed by atoms with van der Waals surface area (Å²) in [6.07, 6.45) is 9.31. The fourth-order valence-corrected chi connectivity index (χ4v) is 3.64. The molecule has 0 aliphatic heterocycles. The summed E-state index contributed by atoms with van der Waals surface area (Å²) in [5.41, 5.74) is 1.31. The van der Waals surface area contributed by atoms with Crippen molar-refractivity contribution < 1.29 is 4.74 Å². The van der Waals surface area contributed by atoms with Gasteiger partial charge < -0.3 is 10.1 Å². The molecule has 118 valence electrons. The smallest absolute Gasteiger partial charge is 0.137 e. The van der Waals surface area contributed by atoms with Crippen LogP contribution in [-0.4, -0.2) is 13.7 Å². The lowest BCUT2D eigenvalue weighted by molar-refractivity contribution is 0.325. The molecule has 0 bridgehead atoms. The number of benzene rings is 1. The van der Waals surface area contributed by atoms with Crippen molar-refractivity contribution in [3.05, 3.63) is 28.8 Å². The Kier molecular flexibility index (Phi) is 6.85. The maximum Gasteiger partial charge on any atom is 0.137 e. The Hall–Kier alpha value is -0.730. The lowest BCUT2D eigenvalue weighted by Crippen LogP contribution is -2.29. The van der Waals surface area contributed by atoms with Crippen LogP contribution in [0.3, 0.4) is 0 Å². The van der Waals surface area contributed by atoms with Gasteiger partial charge in [0.2, 0.25) is 0 Å². The van der Waals surface area contributed by atoms with Crippen molar-refractivity contribution in [1.82, 2.24) is 5.32 Å². The second kappa shape index (κ2) is 8.65. The molecule has 0 saturated heterocycles. The van der Waals surface area contributed by atoms with Gasteiger partial charge in [-0.05, 0) is 49.4 Å². The van der Waals surface area contributed by atoms with Crippen LogP contribution in [0.1, 0.15) is 63.5 Å². The monoisotopic (exact) mass is 309 g/mol. The average molecular weight is 310 g/mol. The predicted octanol–water partition coefficient (Wildman–Crippen LogP) is 5.36. The molecule has 2 nitrogen and oxygen atoms in total. The molecule has 1 aliphatic carbocycles. The first-order chi connectivity index (χ1) is 10.3. The molecule has 1 aromatic carbocycles. The second-order valence-corrected chi connectivity index (χ2v) is 6.48. The van der Waals surface area contributed by atoms with Gasteiger partial charge in [-0.3, -0.25) is 0 Å². The van der Waals surface area contributed by atoms with Gasteiger partial charge in [0, 0.05) is 6.04 Å². The third-order valence-electron chi connectivity index (χ3n) is 4.52. The van der Waals surface area contributed by atoms with Gasteiger partial charge in [-0.1, -0.05) is 50.3 Å². The summed E-state index contributed by atoms with van der Waals surface area (Å²) >= 11 is 6.33. The Morgan fingerprint density at radius 3 is 2.52 bits per heavy atom. The largest absolute Gasteiger partial charge is 0.495 e. The molecular weight excluding hydrogens is 282 g/mol. The minimum absolute atomic E-state index is 0.423. The van der Waals surface area contributed by atoms with Crippen molar-refractivity contribution in [3.63, 3.8) is 0 Å². The summed E-state index contributed by atoms with van der Waals surface area (Å²) in [4.78, 5) is 0. The highest BCUT2D eigenvalue weighted by molar-refractivity contribution is 6.32. The van der Waals surface area contributed by atoms with Gasteiger partial charge in [0.1, 0.15) is 5.75 Å². The van der Waals surface area contributed by atoms with Gasteiger partial charge in [-0.25, -0.2) is 0 Å². The minimum atomic E-state index is 0.423. The Balaban J connectivity index is 2.19. The summed E-state index contributed by atoms with van der Waals surface area (Å²) in [5, 5.41) is 4.46. The first kappa shape index (κ1) is 16.6. The summed E-state index contributed by atoms with van der Waals surface area (Å²) in [7, 11) is 1.67. The van der Waals surface area contributed by atoms with E-state index in [0.29, 0.717) is 11.1 Å². The summed E-state index contributed by atoms with van der Waals surface area (Å²) in [6.45, 7) is 3.28. The highest BCUT2D eigenvalue weighted by atomic mass is 35.5. The lowest BCUT2D eigenvalue weighted by atomic mass is 9.87. The van der Waals surface area contributed by atoms with Gasteiger partial charge in [0.25, 0.3) is 0 Å². The molecule has 1 fully saturated rings. The second-order valence-electron chi connectivity index (χ2n) is 6.08. The summed E-state index contributed by atoms with van der Waals surface area (Å²) in [5.74, 6) is 1.49. The van der Waals surface area contributed by atoms with Crippen molar-refractivity contribution in [2.45, 2.75) is 57.9 Å². The van der Waals surface area contributed by atoms with Crippen LogP contribution in [0.25, 0.3) is 0 Å². The van der Waals surface area contributed by atoms with E-state index in [1.165, 1.54) is 44.1 Å². The van der Waals surface area contributed by atoms with E-state index in [-0.39, 0.29) is 0 Å². The number of nitrogens with one attached hydrogen (secondary N) is 1. The van der Waals surface area contributed by atoms with Gasteiger partial charge >= 0.3 is 0 Å². The van der Waals surface area contributed by atoms with Crippen LogP contribution in [0.15, 0.2) is 18.2 Å². The van der Waals surface area contributed by atoms with Gasteiger partial charge in [-0.15, -0.1) is 0 Å². The Bertz CT molecular complexity index is 427. The van der Waals surface area contributed by atoms with Gasteiger partial charge in [0.05, 0.1) is 12.1 Å². The number of hydrogen-bond donors (Lipinski definition) is 1. The van der Waals surface area contributed by atoms with Crippen molar-refractivity contribution >= 4 is 11.6 Å². The zero-order valence-electron chi connectivity index (χ0n) is 13.3. The van der Waals surface area contributed by atoms with Crippen LogP contribution in [0.2, 0.25) is 5.02 Å². The van der Waals surface area contributed by atoms with Gasteiger partial charge in [0.15, 0.2) is 0 Å². The molecule has 3 heteroatoms. The van der Waals surface area contributed by atoms with E-state index in [1.807, 2.05) is 6.07 Å². The molecule has 2 rings (SSSR count). The Morgan fingerprint density at radius 2 is 1.95 bits per heavy atom. The van der Waals surface area contributed by atoms with Gasteiger partial charge in [-0.2, -0.15) is 0 Å². The highest BCUT2D eigenvalue weighted by Crippen LogP contribution is 2.36. The van der Waals surface area contributed by atoms with Crippen LogP contribution in [-0.2, 0) is 0 Å². The zero-order chi connectivity index (χ0) is 15.1. The summed E-state index contributed by atoms with van der Waals surface area (Å²) in [6, 6.07) is 6.67. The lowest BCUT2D eigenvalue weighted by Gasteiger charge is -2.28. The molecule has 0 spiro atoms. The third-order valence-corrected chi connectivity index (χ3v) is 4.82. The molecule has 0 heterocycles. The van der Waals surface area contributed by atoms with Crippen LogP contribution < -0.4 is 10.1 Å². The first-order valence-corrected chi connectivity index (χ1v) is 8.71. The molecule has 1 unspecified atom stereocenters. The van der Waals surface area contributed by atoms with Crippen molar-refractivity contribution in [1.29, 1.82) is 0 Å². The van der Waals surface area contributed by atoms with E-state index in [4.69, 9.17) is 16.3 Å². The molecule has 0 amide bonds. The van der Waals surface area contributed by atoms with Crippen molar-refractivity contribution in [2.24, 2.45) is 5.92 Å². The van der Waals surface area contributed by atoms with E-state index in [9.17, 15) is 0 Å². The number of ether oxygens (including phenoxy) is 1. The minimum Gasteiger partial charge on any atom is -0.495 e. The molecule has 1 aliphatic rings. The van der Waals surface area contributed by atoms with E-state index >= 15 is 0 Å². The van der Waals surface area contributed by atoms with Crippen molar-refractivity contribution in [3.8, 4) is 5.75 Å². The molecule has 1 N–H and O–H groups in total. The maximum atomic E-state index is 6.33. The average Bonchev–Trinajstić information content (AvgIpc) is 2.77. The first-order valence-electron chi connectivity index (χ1n) is 8.33. The number of hydrogen-bond acceptors (Lipinski definition) is 2. The van der Waals surface area contributed by atoms with Crippen LogP contribution in [0.4, 0.5) is 0 Å². The Morgan fingerprint density at radius 1 is 1.24 bits per heavy atom. The molecule has 21 heavy (non-hydrogen) atoms. The summed E-state index contributed by atoms with van der Waals surface area (Å²) < 4.78 is 5.27. The van der Waals surface area contributed by atoms with E-state index in [2.05, 4.69) is 24.4 Å². The fraction of sp³-hybridized carbons (Fsp3) is 0.667. The molecule has 1 aromatic rings. The molecule has 1 atom stereocenters. The molecule has 0 radical (unpaired) electrons. The standard InChI is InChI=1S/C18H28ClNO/c1-3-12-20-18(14-8-6-4-5-7-9-14)15-10-11-17(21-2)16(19)13-15/h10-11,13-14,18,20H,3-9,12H2,1-2H3. The Labute approximate surface area is 134 Å². The van der Waals surface area contributed by atoms with Crippen LogP contribution in [0.5, 0.6) is 5.75 Å². The molecule has 1 saturated carbocycles. The quantitative estimate of drug-likeness (QED) is 0.714. The predicted molar refractivity (Wildman–Crippen MR) is 90.2 cm³/mol. The normalized spacial score (nSPS) is 18.2. The number of rotatable bonds is 6. The van der Waals surface area contributed by atoms with Crippen molar-refractivity contribution in [2.75, 3.05) is 13.7 Å². The molecule has 0 aromatic heterocycles. The maximum absolute atomic E-state index is 6.33.